The summed E-state index contributed by atoms with van der Waals surface area (Å²) in [5.41, 5.74) is 5.48. The molecule has 1 heteroatoms. The molecule has 0 spiro atoms. The molecule has 0 aromatic rings. The lowest BCUT2D eigenvalue weighted by molar-refractivity contribution is -0.104. The molecule has 0 saturated heterocycles. The Kier molecular flexibility index (Phi) is 6.61. The van der Waals surface area contributed by atoms with Crippen LogP contribution in [-0.4, -0.2) is 6.29 Å². The Bertz CT molecular complexity index is 522. The Balaban J connectivity index is 2.80. The third-order valence-corrected chi connectivity index (χ3v) is 4.10. The van der Waals surface area contributed by atoms with Crippen LogP contribution in [0.4, 0.5) is 0 Å². The summed E-state index contributed by atoms with van der Waals surface area (Å²) >= 11 is 0. The first-order valence-electron chi connectivity index (χ1n) is 7.72. The maximum absolute atomic E-state index is 10.3. The van der Waals surface area contributed by atoms with Crippen molar-refractivity contribution in [2.45, 2.75) is 53.9 Å². The van der Waals surface area contributed by atoms with E-state index in [-0.39, 0.29) is 5.41 Å². The highest BCUT2D eigenvalue weighted by molar-refractivity contribution is 5.66. The van der Waals surface area contributed by atoms with Crippen molar-refractivity contribution in [1.82, 2.24) is 0 Å². The third-order valence-electron chi connectivity index (χ3n) is 4.10. The zero-order chi connectivity index (χ0) is 15.9. The van der Waals surface area contributed by atoms with Crippen LogP contribution < -0.4 is 0 Å². The van der Waals surface area contributed by atoms with Crippen LogP contribution >= 0.6 is 0 Å². The van der Waals surface area contributed by atoms with Crippen molar-refractivity contribution in [3.63, 3.8) is 0 Å². The maximum Gasteiger partial charge on any atom is 0.143 e. The average Bonchev–Trinajstić information content (AvgIpc) is 2.37. The van der Waals surface area contributed by atoms with Gasteiger partial charge in [-0.1, -0.05) is 55.4 Å². The van der Waals surface area contributed by atoms with Gasteiger partial charge in [0.1, 0.15) is 6.29 Å². The summed E-state index contributed by atoms with van der Waals surface area (Å²) in [6.45, 7) is 10.9. The fourth-order valence-corrected chi connectivity index (χ4v) is 2.80. The second kappa shape index (κ2) is 7.97. The van der Waals surface area contributed by atoms with Crippen molar-refractivity contribution >= 4 is 6.29 Å². The van der Waals surface area contributed by atoms with Crippen molar-refractivity contribution in [1.29, 1.82) is 0 Å². The Morgan fingerprint density at radius 2 is 1.76 bits per heavy atom. The smallest absolute Gasteiger partial charge is 0.143 e. The summed E-state index contributed by atoms with van der Waals surface area (Å²) in [6.07, 6.45) is 16.6. The molecule has 1 aliphatic rings. The minimum Gasteiger partial charge on any atom is -0.299 e. The van der Waals surface area contributed by atoms with Crippen molar-refractivity contribution in [3.8, 4) is 0 Å². The highest BCUT2D eigenvalue weighted by Crippen LogP contribution is 2.40. The van der Waals surface area contributed by atoms with E-state index in [4.69, 9.17) is 0 Å². The van der Waals surface area contributed by atoms with Crippen LogP contribution in [0.15, 0.2) is 58.7 Å². The standard InChI is InChI=1S/C20H28O/c1-16(8-6-9-17(2)13-15-21)11-12-19-18(3)10-7-14-20(19,4)5/h6,8-9,11-13,15H,7,10,14H2,1-5H3/b9-6+,12-11+,16-8-,17-13+. The molecule has 0 amide bonds. The van der Waals surface area contributed by atoms with E-state index in [1.807, 2.05) is 19.1 Å². The highest BCUT2D eigenvalue weighted by atomic mass is 16.1. The van der Waals surface area contributed by atoms with Gasteiger partial charge in [0.15, 0.2) is 0 Å². The van der Waals surface area contributed by atoms with E-state index in [0.717, 1.165) is 11.9 Å². The predicted octanol–water partition coefficient (Wildman–Crippen LogP) is 5.72. The fourth-order valence-electron chi connectivity index (χ4n) is 2.80. The molecule has 0 aliphatic heterocycles. The zero-order valence-corrected chi connectivity index (χ0v) is 14.1. The number of rotatable bonds is 5. The van der Waals surface area contributed by atoms with Crippen LogP contribution in [0.5, 0.6) is 0 Å². The van der Waals surface area contributed by atoms with E-state index < -0.39 is 0 Å². The van der Waals surface area contributed by atoms with Crippen LogP contribution in [0.1, 0.15) is 53.9 Å². The van der Waals surface area contributed by atoms with Gasteiger partial charge < -0.3 is 0 Å². The molecule has 0 saturated carbocycles. The summed E-state index contributed by atoms with van der Waals surface area (Å²) in [4.78, 5) is 10.3. The van der Waals surface area contributed by atoms with E-state index >= 15 is 0 Å². The summed E-state index contributed by atoms with van der Waals surface area (Å²) in [5.74, 6) is 0. The van der Waals surface area contributed by atoms with Gasteiger partial charge in [0.05, 0.1) is 0 Å². The molecule has 0 aromatic heterocycles. The van der Waals surface area contributed by atoms with Crippen LogP contribution in [0, 0.1) is 5.41 Å². The zero-order valence-electron chi connectivity index (χ0n) is 14.1. The monoisotopic (exact) mass is 284 g/mol. The van der Waals surface area contributed by atoms with Gasteiger partial charge in [-0.3, -0.25) is 4.79 Å². The lowest BCUT2D eigenvalue weighted by Crippen LogP contribution is -2.19. The molecule has 0 fully saturated rings. The molecule has 114 valence electrons. The lowest BCUT2D eigenvalue weighted by atomic mass is 9.72. The first-order chi connectivity index (χ1) is 9.86. The van der Waals surface area contributed by atoms with Crippen molar-refractivity contribution in [2.75, 3.05) is 0 Å². The molecule has 1 nitrogen and oxygen atoms in total. The van der Waals surface area contributed by atoms with Gasteiger partial charge in [-0.15, -0.1) is 0 Å². The molecule has 1 aliphatic carbocycles. The van der Waals surface area contributed by atoms with E-state index in [1.54, 1.807) is 6.08 Å². The molecule has 0 aromatic carbocycles. The number of hydrogen-bond donors (Lipinski definition) is 0. The molecular formula is C20H28O. The van der Waals surface area contributed by atoms with Gasteiger partial charge in [0.2, 0.25) is 0 Å². The SMILES string of the molecule is CC1=C(/C=C/C(C)=C\C=C\C(C)=C\C=O)C(C)(C)CCC1. The molecule has 0 radical (unpaired) electrons. The number of carbonyl (C=O) groups excluding carboxylic acids is 1. The second-order valence-corrected chi connectivity index (χ2v) is 6.58. The second-order valence-electron chi connectivity index (χ2n) is 6.58. The normalized spacial score (nSPS) is 20.6. The first kappa shape index (κ1) is 17.4. The number of hydrogen-bond acceptors (Lipinski definition) is 1. The molecule has 0 unspecified atom stereocenters. The predicted molar refractivity (Wildman–Crippen MR) is 92.2 cm³/mol. The van der Waals surface area contributed by atoms with Gasteiger partial charge in [-0.25, -0.2) is 0 Å². The molecule has 21 heavy (non-hydrogen) atoms. The maximum atomic E-state index is 10.3. The molecule has 0 bridgehead atoms. The van der Waals surface area contributed by atoms with Gasteiger partial charge in [-0.2, -0.15) is 0 Å². The number of aldehydes is 1. The van der Waals surface area contributed by atoms with Crippen LogP contribution in [-0.2, 0) is 4.79 Å². The minimum absolute atomic E-state index is 0.290. The quantitative estimate of drug-likeness (QED) is 0.358. The van der Waals surface area contributed by atoms with Crippen molar-refractivity contribution in [3.05, 3.63) is 58.7 Å². The van der Waals surface area contributed by atoms with E-state index in [9.17, 15) is 4.79 Å². The summed E-state index contributed by atoms with van der Waals surface area (Å²) in [5, 5.41) is 0. The molecular weight excluding hydrogens is 256 g/mol. The average molecular weight is 284 g/mol. The van der Waals surface area contributed by atoms with Gasteiger partial charge in [0.25, 0.3) is 0 Å². The van der Waals surface area contributed by atoms with Crippen LogP contribution in [0.25, 0.3) is 0 Å². The fraction of sp³-hybridized carbons (Fsp3) is 0.450. The molecule has 0 N–H and O–H groups in total. The summed E-state index contributed by atoms with van der Waals surface area (Å²) < 4.78 is 0. The highest BCUT2D eigenvalue weighted by Gasteiger charge is 2.26. The molecule has 1 rings (SSSR count). The number of allylic oxidation sites excluding steroid dienone is 10. The molecule has 0 atom stereocenters. The minimum atomic E-state index is 0.290. The van der Waals surface area contributed by atoms with E-state index in [0.29, 0.717) is 0 Å². The topological polar surface area (TPSA) is 17.1 Å². The van der Waals surface area contributed by atoms with Gasteiger partial charge in [0, 0.05) is 0 Å². The Labute approximate surface area is 129 Å². The Hall–Kier alpha value is -1.63. The Morgan fingerprint density at radius 1 is 1.10 bits per heavy atom. The first-order valence-corrected chi connectivity index (χ1v) is 7.72. The summed E-state index contributed by atoms with van der Waals surface area (Å²) in [6, 6.07) is 0. The van der Waals surface area contributed by atoms with Gasteiger partial charge in [-0.05, 0) is 62.7 Å². The van der Waals surface area contributed by atoms with E-state index in [1.165, 1.54) is 36.0 Å². The lowest BCUT2D eigenvalue weighted by Gasteiger charge is -2.32. The molecule has 0 heterocycles. The van der Waals surface area contributed by atoms with Crippen molar-refractivity contribution in [2.24, 2.45) is 5.41 Å². The Morgan fingerprint density at radius 3 is 2.38 bits per heavy atom. The van der Waals surface area contributed by atoms with Crippen LogP contribution in [0.2, 0.25) is 0 Å². The van der Waals surface area contributed by atoms with Crippen molar-refractivity contribution < 1.29 is 4.79 Å². The number of carbonyl (C=O) groups is 1. The van der Waals surface area contributed by atoms with Crippen LogP contribution in [0.3, 0.4) is 0 Å². The summed E-state index contributed by atoms with van der Waals surface area (Å²) in [7, 11) is 0. The van der Waals surface area contributed by atoms with E-state index in [2.05, 4.69) is 45.9 Å². The largest absolute Gasteiger partial charge is 0.299 e. The third kappa shape index (κ3) is 5.71. The van der Waals surface area contributed by atoms with Gasteiger partial charge >= 0.3 is 0 Å².